The van der Waals surface area contributed by atoms with Crippen LogP contribution in [0.3, 0.4) is 0 Å². The van der Waals surface area contributed by atoms with Gasteiger partial charge >= 0.3 is 12.2 Å². The second-order valence-corrected chi connectivity index (χ2v) is 15.2. The molecule has 4 heterocycles. The van der Waals surface area contributed by atoms with Gasteiger partial charge in [0.05, 0.1) is 50.5 Å². The summed E-state index contributed by atoms with van der Waals surface area (Å²) in [5.41, 5.74) is 10.7. The highest BCUT2D eigenvalue weighted by Gasteiger charge is 2.40. The monoisotopic (exact) mass is 781 g/mol. The van der Waals surface area contributed by atoms with Gasteiger partial charge in [0.15, 0.2) is 0 Å². The number of carbonyl (C=O) groups excluding carboxylic acids is 5. The molecule has 5 amide bonds. The van der Waals surface area contributed by atoms with Crippen molar-refractivity contribution in [3.05, 3.63) is 65.6 Å². The predicted octanol–water partition coefficient (Wildman–Crippen LogP) is 4.46. The number of alkyl carbamates (subject to hydrolysis) is 2. The van der Waals surface area contributed by atoms with Crippen molar-refractivity contribution in [3.63, 3.8) is 0 Å². The van der Waals surface area contributed by atoms with Gasteiger partial charge in [-0.1, -0.05) is 64.1 Å². The molecule has 0 radical (unpaired) electrons. The van der Waals surface area contributed by atoms with E-state index in [9.17, 15) is 24.0 Å². The van der Waals surface area contributed by atoms with Gasteiger partial charge in [0.2, 0.25) is 17.7 Å². The number of methoxy groups -OCH3 is 2. The van der Waals surface area contributed by atoms with Crippen LogP contribution in [0.15, 0.2) is 58.6 Å². The lowest BCUT2D eigenvalue weighted by Crippen LogP contribution is -2.53. The lowest BCUT2D eigenvalue weighted by molar-refractivity contribution is -0.135. The van der Waals surface area contributed by atoms with Gasteiger partial charge in [0.1, 0.15) is 23.7 Å². The maximum Gasteiger partial charge on any atom is 0.407 e. The summed E-state index contributed by atoms with van der Waals surface area (Å²) < 4.78 is 9.49. The number of aromatic nitrogens is 2. The van der Waals surface area contributed by atoms with E-state index in [1.807, 2.05) is 64.1 Å². The van der Waals surface area contributed by atoms with Crippen LogP contribution in [-0.4, -0.2) is 113 Å². The van der Waals surface area contributed by atoms with E-state index in [2.05, 4.69) is 20.6 Å². The molecule has 302 valence electrons. The fourth-order valence-corrected chi connectivity index (χ4v) is 7.73. The van der Waals surface area contributed by atoms with E-state index in [4.69, 9.17) is 25.2 Å². The number of aromatic amines is 1. The molecule has 3 aliphatic rings. The van der Waals surface area contributed by atoms with E-state index in [1.165, 1.54) is 14.2 Å². The van der Waals surface area contributed by atoms with Crippen molar-refractivity contribution in [2.24, 2.45) is 27.6 Å². The second kappa shape index (κ2) is 17.4. The summed E-state index contributed by atoms with van der Waals surface area (Å²) >= 11 is 0. The normalized spacial score (nSPS) is 18.9. The molecule has 5 N–H and O–H groups in total. The minimum Gasteiger partial charge on any atom is -0.453 e. The van der Waals surface area contributed by atoms with Crippen LogP contribution >= 0.6 is 0 Å². The zero-order chi connectivity index (χ0) is 41.0. The van der Waals surface area contributed by atoms with E-state index < -0.39 is 30.2 Å². The van der Waals surface area contributed by atoms with Crippen LogP contribution in [0.4, 0.5) is 9.59 Å². The number of primary amides is 1. The molecule has 6 rings (SSSR count). The molecule has 57 heavy (non-hydrogen) atoms. The Balaban J connectivity index is 1.16. The molecule has 16 nitrogen and oxygen atoms in total. The number of aliphatic imine (C=N–C) groups is 2. The van der Waals surface area contributed by atoms with Crippen LogP contribution < -0.4 is 16.4 Å². The number of ether oxygens (including phenoxy) is 2. The van der Waals surface area contributed by atoms with Crippen molar-refractivity contribution in [2.45, 2.75) is 77.5 Å². The molecule has 0 saturated carbocycles. The topological polar surface area (TPSA) is 214 Å². The molecule has 3 aliphatic heterocycles. The van der Waals surface area contributed by atoms with Crippen molar-refractivity contribution in [3.8, 4) is 22.4 Å². The third-order valence-electron chi connectivity index (χ3n) is 10.8. The van der Waals surface area contributed by atoms with E-state index >= 15 is 0 Å². The smallest absolute Gasteiger partial charge is 0.407 e. The number of likely N-dealkylation sites (tertiary alicyclic amines) is 2. The van der Waals surface area contributed by atoms with Gasteiger partial charge in [-0.25, -0.2) is 19.6 Å². The summed E-state index contributed by atoms with van der Waals surface area (Å²) in [6, 6.07) is 11.1. The Morgan fingerprint density at radius 3 is 1.89 bits per heavy atom. The first-order chi connectivity index (χ1) is 27.3. The van der Waals surface area contributed by atoms with Crippen molar-refractivity contribution < 1.29 is 33.4 Å². The SMILES string of the molecule is COC(=O)N[C@H](C(=O)N1CCC[C@@H]1C1=NCC(c2ccc(-c3ccc(-c4cnc([C@H]5CCCN5C(=O)[C@@H](NC(=O)OC)C(C)C)[nH]4)cc3)c(C(N)=O)c2)=N1)C(C)C. The van der Waals surface area contributed by atoms with Gasteiger partial charge < -0.3 is 40.6 Å². The summed E-state index contributed by atoms with van der Waals surface area (Å²) in [6.07, 6.45) is 3.44. The van der Waals surface area contributed by atoms with Gasteiger partial charge in [-0.15, -0.1) is 0 Å². The predicted molar refractivity (Wildman–Crippen MR) is 214 cm³/mol. The molecule has 2 aromatic carbocycles. The van der Waals surface area contributed by atoms with Crippen LogP contribution in [0.2, 0.25) is 0 Å². The minimum absolute atomic E-state index is 0.136. The van der Waals surface area contributed by atoms with E-state index in [1.54, 1.807) is 22.1 Å². The summed E-state index contributed by atoms with van der Waals surface area (Å²) in [6.45, 7) is 8.85. The van der Waals surface area contributed by atoms with Crippen LogP contribution in [0.25, 0.3) is 22.4 Å². The van der Waals surface area contributed by atoms with Crippen molar-refractivity contribution in [2.75, 3.05) is 33.9 Å². The number of nitrogens with two attached hydrogens (primary N) is 1. The number of carbonyl (C=O) groups is 5. The van der Waals surface area contributed by atoms with Crippen molar-refractivity contribution in [1.82, 2.24) is 30.4 Å². The zero-order valence-corrected chi connectivity index (χ0v) is 33.2. The van der Waals surface area contributed by atoms with Gasteiger partial charge in [-0.2, -0.15) is 0 Å². The van der Waals surface area contributed by atoms with Gasteiger partial charge in [-0.05, 0) is 65.8 Å². The number of nitrogens with zero attached hydrogens (tertiary/aromatic N) is 5. The number of benzene rings is 2. The molecule has 2 saturated heterocycles. The molecule has 3 aromatic rings. The third kappa shape index (κ3) is 8.69. The lowest BCUT2D eigenvalue weighted by Gasteiger charge is -2.30. The molecule has 2 fully saturated rings. The van der Waals surface area contributed by atoms with Gasteiger partial charge in [0.25, 0.3) is 0 Å². The van der Waals surface area contributed by atoms with Gasteiger partial charge in [-0.3, -0.25) is 19.4 Å². The van der Waals surface area contributed by atoms with Crippen LogP contribution in [-0.2, 0) is 19.1 Å². The molecular formula is C41H51N9O7. The Kier molecular flexibility index (Phi) is 12.4. The average Bonchev–Trinajstić information content (AvgIpc) is 4.05. The highest BCUT2D eigenvalue weighted by molar-refractivity contribution is 6.15. The van der Waals surface area contributed by atoms with Gasteiger partial charge in [0, 0.05) is 18.7 Å². The molecule has 1 aromatic heterocycles. The van der Waals surface area contributed by atoms with E-state index in [0.717, 1.165) is 36.1 Å². The maximum atomic E-state index is 13.6. The summed E-state index contributed by atoms with van der Waals surface area (Å²) in [5, 5.41) is 5.34. The zero-order valence-electron chi connectivity index (χ0n) is 33.2. The highest BCUT2D eigenvalue weighted by atomic mass is 16.5. The number of nitrogens with one attached hydrogen (secondary N) is 3. The van der Waals surface area contributed by atoms with Crippen LogP contribution in [0.1, 0.15) is 81.2 Å². The first-order valence-electron chi connectivity index (χ1n) is 19.3. The molecule has 0 spiro atoms. The summed E-state index contributed by atoms with van der Waals surface area (Å²) in [4.78, 5) is 84.9. The Bertz CT molecular complexity index is 2070. The minimum atomic E-state index is -0.748. The second-order valence-electron chi connectivity index (χ2n) is 15.2. The quantitative estimate of drug-likeness (QED) is 0.205. The Morgan fingerprint density at radius 2 is 1.33 bits per heavy atom. The first kappa shape index (κ1) is 40.6. The number of hydrogen-bond donors (Lipinski definition) is 4. The van der Waals surface area contributed by atoms with Crippen molar-refractivity contribution in [1.29, 1.82) is 0 Å². The maximum absolute atomic E-state index is 13.6. The van der Waals surface area contributed by atoms with E-state index in [-0.39, 0.29) is 42.3 Å². The molecule has 16 heteroatoms. The Labute approximate surface area is 331 Å². The van der Waals surface area contributed by atoms with E-state index in [0.29, 0.717) is 53.6 Å². The number of imidazole rings is 1. The number of amides is 5. The fourth-order valence-electron chi connectivity index (χ4n) is 7.73. The number of hydrogen-bond acceptors (Lipinski definition) is 10. The molecule has 0 unspecified atom stereocenters. The third-order valence-corrected chi connectivity index (χ3v) is 10.8. The number of H-pyrrole nitrogens is 1. The Hall–Kier alpha value is -6.06. The largest absolute Gasteiger partial charge is 0.453 e. The summed E-state index contributed by atoms with van der Waals surface area (Å²) in [5.74, 6) is -0.0562. The molecule has 0 aliphatic carbocycles. The Morgan fingerprint density at radius 1 is 0.789 bits per heavy atom. The summed E-state index contributed by atoms with van der Waals surface area (Å²) in [7, 11) is 2.53. The highest BCUT2D eigenvalue weighted by Crippen LogP contribution is 2.34. The number of amidine groups is 1. The average molecular weight is 782 g/mol. The molecular weight excluding hydrogens is 731 g/mol. The van der Waals surface area contributed by atoms with Crippen molar-refractivity contribution >= 4 is 41.5 Å². The standard InChI is InChI=1S/C41H51N9O7/c1-22(2)33(47-40(54)56-5)38(52)49-17-7-9-31(49)36-43-20-29(45-36)25-13-11-24(12-14-25)27-16-15-26(19-28(27)35(42)51)30-21-44-37(46-30)32-10-8-18-50(32)39(53)34(23(3)4)48-41(55)57-6/h11-16,19-20,22-23,31-34H,7-10,17-18,21H2,1-6H3,(H2,42,51)(H,43,45)(H,47,54)(H,48,55)/t31-,32-,33+,34+/m1/s1. The first-order valence-corrected chi connectivity index (χ1v) is 19.3. The van der Waals surface area contributed by atoms with Crippen LogP contribution in [0.5, 0.6) is 0 Å². The van der Waals surface area contributed by atoms with Crippen LogP contribution in [0, 0.1) is 11.8 Å². The lowest BCUT2D eigenvalue weighted by atomic mass is 9.95. The number of rotatable bonds is 12. The molecule has 0 bridgehead atoms. The fraction of sp³-hybridized carbons (Fsp3) is 0.463. The molecule has 4 atom stereocenters.